The Morgan fingerprint density at radius 1 is 1.59 bits per heavy atom. The molecule has 1 aromatic rings. The largest absolute Gasteiger partial charge is 0.339 e. The molecule has 0 radical (unpaired) electrons. The fraction of sp³-hybridized carbons (Fsp3) is 0.636. The van der Waals surface area contributed by atoms with Crippen molar-refractivity contribution in [2.45, 2.75) is 19.8 Å². The first-order valence-corrected chi connectivity index (χ1v) is 5.71. The summed E-state index contributed by atoms with van der Waals surface area (Å²) >= 11 is 0. The van der Waals surface area contributed by atoms with Crippen LogP contribution in [0.25, 0.3) is 0 Å². The maximum Gasteiger partial charge on any atom is 0.257 e. The van der Waals surface area contributed by atoms with Gasteiger partial charge in [0.05, 0.1) is 11.8 Å². The molecule has 17 heavy (non-hydrogen) atoms. The Morgan fingerprint density at radius 3 is 2.71 bits per heavy atom. The molecule has 1 aliphatic heterocycles. The third kappa shape index (κ3) is 2.98. The average molecular weight is 259 g/mol. The minimum atomic E-state index is 0. The third-order valence-corrected chi connectivity index (χ3v) is 3.30. The fourth-order valence-electron chi connectivity index (χ4n) is 2.11. The molecule has 1 saturated heterocycles. The number of aromatic amines is 1. The van der Waals surface area contributed by atoms with Crippen LogP contribution >= 0.6 is 12.4 Å². The van der Waals surface area contributed by atoms with Crippen LogP contribution in [-0.4, -0.2) is 40.6 Å². The van der Waals surface area contributed by atoms with Crippen molar-refractivity contribution in [3.8, 4) is 0 Å². The highest BCUT2D eigenvalue weighted by atomic mass is 35.5. The minimum Gasteiger partial charge on any atom is -0.339 e. The zero-order valence-electron chi connectivity index (χ0n) is 9.98. The van der Waals surface area contributed by atoms with Gasteiger partial charge in [0, 0.05) is 18.8 Å². The molecule has 0 aliphatic carbocycles. The third-order valence-electron chi connectivity index (χ3n) is 3.30. The number of piperidine rings is 1. The van der Waals surface area contributed by atoms with E-state index in [2.05, 4.69) is 10.2 Å². The number of hydrogen-bond donors (Lipinski definition) is 2. The number of H-pyrrole nitrogens is 1. The summed E-state index contributed by atoms with van der Waals surface area (Å²) < 4.78 is 0. The summed E-state index contributed by atoms with van der Waals surface area (Å²) in [4.78, 5) is 14.0. The highest BCUT2D eigenvalue weighted by molar-refractivity contribution is 5.95. The van der Waals surface area contributed by atoms with Gasteiger partial charge in [0.1, 0.15) is 0 Å². The van der Waals surface area contributed by atoms with E-state index in [0.717, 1.165) is 38.2 Å². The van der Waals surface area contributed by atoms with Crippen molar-refractivity contribution < 1.29 is 4.79 Å². The van der Waals surface area contributed by atoms with Crippen molar-refractivity contribution >= 4 is 18.3 Å². The maximum atomic E-state index is 12.1. The Bertz CT molecular complexity index is 371. The van der Waals surface area contributed by atoms with Crippen molar-refractivity contribution in [1.29, 1.82) is 0 Å². The molecule has 6 heteroatoms. The van der Waals surface area contributed by atoms with Gasteiger partial charge < -0.3 is 10.6 Å². The van der Waals surface area contributed by atoms with Gasteiger partial charge in [-0.1, -0.05) is 0 Å². The standard InChI is InChI=1S/C11H18N4O.ClH/c1-8-10(7-13-14-8)11(16)15-4-2-9(6-12)3-5-15;/h7,9H,2-6,12H2,1H3,(H,13,14);1H. The second-order valence-electron chi connectivity index (χ2n) is 4.38. The normalized spacial score (nSPS) is 16.7. The lowest BCUT2D eigenvalue weighted by Crippen LogP contribution is -2.40. The van der Waals surface area contributed by atoms with Crippen LogP contribution in [0, 0.1) is 12.8 Å². The number of aromatic nitrogens is 2. The summed E-state index contributed by atoms with van der Waals surface area (Å²) in [5.41, 5.74) is 7.15. The van der Waals surface area contributed by atoms with Crippen LogP contribution < -0.4 is 5.73 Å². The number of likely N-dealkylation sites (tertiary alicyclic amines) is 1. The minimum absolute atomic E-state index is 0. The maximum absolute atomic E-state index is 12.1. The predicted molar refractivity (Wildman–Crippen MR) is 68.3 cm³/mol. The van der Waals surface area contributed by atoms with E-state index in [9.17, 15) is 4.79 Å². The van der Waals surface area contributed by atoms with Crippen LogP contribution in [-0.2, 0) is 0 Å². The Kier molecular flexibility index (Phi) is 4.96. The first-order chi connectivity index (χ1) is 7.72. The summed E-state index contributed by atoms with van der Waals surface area (Å²) in [6.45, 7) is 4.22. The van der Waals surface area contributed by atoms with Crippen molar-refractivity contribution in [2.24, 2.45) is 11.7 Å². The number of nitrogens with one attached hydrogen (secondary N) is 1. The summed E-state index contributed by atoms with van der Waals surface area (Å²) in [5.74, 6) is 0.663. The number of aryl methyl sites for hydroxylation is 1. The van der Waals surface area contributed by atoms with E-state index in [1.54, 1.807) is 6.20 Å². The topological polar surface area (TPSA) is 75.0 Å². The molecule has 2 rings (SSSR count). The quantitative estimate of drug-likeness (QED) is 0.829. The van der Waals surface area contributed by atoms with E-state index in [0.29, 0.717) is 11.5 Å². The van der Waals surface area contributed by atoms with E-state index in [1.807, 2.05) is 11.8 Å². The van der Waals surface area contributed by atoms with Crippen LogP contribution in [0.2, 0.25) is 0 Å². The number of nitrogens with two attached hydrogens (primary N) is 1. The molecule has 2 heterocycles. The number of carbonyl (C=O) groups excluding carboxylic acids is 1. The molecule has 0 spiro atoms. The number of nitrogens with zero attached hydrogens (tertiary/aromatic N) is 2. The SMILES string of the molecule is Cc1[nH]ncc1C(=O)N1CCC(CN)CC1.Cl. The molecule has 0 atom stereocenters. The summed E-state index contributed by atoms with van der Waals surface area (Å²) in [7, 11) is 0. The number of halogens is 1. The zero-order valence-corrected chi connectivity index (χ0v) is 10.8. The molecule has 0 bridgehead atoms. The fourth-order valence-corrected chi connectivity index (χ4v) is 2.11. The molecule has 0 unspecified atom stereocenters. The smallest absolute Gasteiger partial charge is 0.257 e. The lowest BCUT2D eigenvalue weighted by atomic mass is 9.97. The molecular formula is C11H19ClN4O. The summed E-state index contributed by atoms with van der Waals surface area (Å²) in [6, 6.07) is 0. The Balaban J connectivity index is 0.00000144. The molecule has 1 aliphatic rings. The van der Waals surface area contributed by atoms with Gasteiger partial charge in [0.2, 0.25) is 0 Å². The molecule has 0 aromatic carbocycles. The second kappa shape index (κ2) is 6.02. The van der Waals surface area contributed by atoms with Crippen molar-refractivity contribution in [3.05, 3.63) is 17.5 Å². The van der Waals surface area contributed by atoms with Gasteiger partial charge in [-0.05, 0) is 32.2 Å². The van der Waals surface area contributed by atoms with E-state index < -0.39 is 0 Å². The predicted octanol–water partition coefficient (Wildman–Crippen LogP) is 0.951. The van der Waals surface area contributed by atoms with Gasteiger partial charge in [-0.15, -0.1) is 12.4 Å². The van der Waals surface area contributed by atoms with E-state index in [4.69, 9.17) is 5.73 Å². The van der Waals surface area contributed by atoms with Gasteiger partial charge in [-0.3, -0.25) is 9.89 Å². The molecule has 5 nitrogen and oxygen atoms in total. The first-order valence-electron chi connectivity index (χ1n) is 5.71. The van der Waals surface area contributed by atoms with E-state index >= 15 is 0 Å². The van der Waals surface area contributed by atoms with Crippen LogP contribution in [0.15, 0.2) is 6.20 Å². The van der Waals surface area contributed by atoms with Gasteiger partial charge >= 0.3 is 0 Å². The van der Waals surface area contributed by atoms with Crippen molar-refractivity contribution in [1.82, 2.24) is 15.1 Å². The van der Waals surface area contributed by atoms with Gasteiger partial charge in [-0.2, -0.15) is 5.10 Å². The number of carbonyl (C=O) groups is 1. The Labute approximate surface area is 107 Å². The monoisotopic (exact) mass is 258 g/mol. The van der Waals surface area contributed by atoms with Gasteiger partial charge in [0.15, 0.2) is 0 Å². The van der Waals surface area contributed by atoms with Crippen LogP contribution in [0.4, 0.5) is 0 Å². The molecule has 0 saturated carbocycles. The first kappa shape index (κ1) is 14.0. The molecule has 1 aromatic heterocycles. The van der Waals surface area contributed by atoms with Gasteiger partial charge in [0.25, 0.3) is 5.91 Å². The summed E-state index contributed by atoms with van der Waals surface area (Å²) in [6.07, 6.45) is 3.63. The average Bonchev–Trinajstić information content (AvgIpc) is 2.75. The zero-order chi connectivity index (χ0) is 11.5. The number of rotatable bonds is 2. The Hall–Kier alpha value is -1.07. The van der Waals surface area contributed by atoms with Crippen LogP contribution in [0.3, 0.4) is 0 Å². The molecular weight excluding hydrogens is 240 g/mol. The van der Waals surface area contributed by atoms with E-state index in [-0.39, 0.29) is 18.3 Å². The van der Waals surface area contributed by atoms with Crippen molar-refractivity contribution in [2.75, 3.05) is 19.6 Å². The van der Waals surface area contributed by atoms with Gasteiger partial charge in [-0.25, -0.2) is 0 Å². The van der Waals surface area contributed by atoms with E-state index in [1.165, 1.54) is 0 Å². The molecule has 96 valence electrons. The number of hydrogen-bond acceptors (Lipinski definition) is 3. The van der Waals surface area contributed by atoms with Crippen LogP contribution in [0.5, 0.6) is 0 Å². The summed E-state index contributed by atoms with van der Waals surface area (Å²) in [5, 5.41) is 6.67. The Morgan fingerprint density at radius 2 is 2.24 bits per heavy atom. The highest BCUT2D eigenvalue weighted by Crippen LogP contribution is 2.18. The highest BCUT2D eigenvalue weighted by Gasteiger charge is 2.24. The lowest BCUT2D eigenvalue weighted by Gasteiger charge is -2.31. The second-order valence-corrected chi connectivity index (χ2v) is 4.38. The molecule has 1 fully saturated rings. The number of amides is 1. The van der Waals surface area contributed by atoms with Crippen molar-refractivity contribution in [3.63, 3.8) is 0 Å². The lowest BCUT2D eigenvalue weighted by molar-refractivity contribution is 0.0693. The molecule has 1 amide bonds. The van der Waals surface area contributed by atoms with Crippen LogP contribution in [0.1, 0.15) is 28.9 Å². The molecule has 3 N–H and O–H groups in total.